The van der Waals surface area contributed by atoms with Crippen molar-refractivity contribution in [1.29, 1.82) is 0 Å². The summed E-state index contributed by atoms with van der Waals surface area (Å²) in [6, 6.07) is 13.8. The van der Waals surface area contributed by atoms with Gasteiger partial charge in [-0.1, -0.05) is 29.3 Å². The smallest absolute Gasteiger partial charge is 0.337 e. The molecule has 0 amide bonds. The number of para-hydroxylation sites is 1. The monoisotopic (exact) mass is 687 g/mol. The lowest BCUT2D eigenvalue weighted by molar-refractivity contribution is -0.0717. The van der Waals surface area contributed by atoms with E-state index in [2.05, 4.69) is 41.9 Å². The van der Waals surface area contributed by atoms with Gasteiger partial charge in [-0.3, -0.25) is 9.88 Å². The lowest BCUT2D eigenvalue weighted by atomic mass is 9.81. The molecule has 0 radical (unpaired) electrons. The maximum Gasteiger partial charge on any atom is 0.337 e. The van der Waals surface area contributed by atoms with E-state index in [4.69, 9.17) is 42.4 Å². The number of carbonyl (C=O) groups excluding carboxylic acids is 1. The predicted molar refractivity (Wildman–Crippen MR) is 182 cm³/mol. The number of benzene rings is 2. The van der Waals surface area contributed by atoms with Gasteiger partial charge in [0, 0.05) is 57.2 Å². The average molecular weight is 689 g/mol. The van der Waals surface area contributed by atoms with Gasteiger partial charge in [-0.15, -0.1) is 0 Å². The van der Waals surface area contributed by atoms with Crippen LogP contribution < -0.4 is 14.4 Å². The topological polar surface area (TPSA) is 99.8 Å². The maximum absolute atomic E-state index is 12.5. The van der Waals surface area contributed by atoms with Crippen LogP contribution in [-0.4, -0.2) is 67.2 Å². The Kier molecular flexibility index (Phi) is 7.73. The van der Waals surface area contributed by atoms with Gasteiger partial charge in [-0.05, 0) is 56.2 Å². The molecule has 2 aliphatic heterocycles. The Morgan fingerprint density at radius 3 is 2.65 bits per heavy atom. The summed E-state index contributed by atoms with van der Waals surface area (Å²) in [6.45, 7) is 7.54. The van der Waals surface area contributed by atoms with Crippen molar-refractivity contribution in [1.82, 2.24) is 29.0 Å². The quantitative estimate of drug-likeness (QED) is 0.174. The van der Waals surface area contributed by atoms with E-state index < -0.39 is 11.8 Å². The van der Waals surface area contributed by atoms with E-state index in [1.54, 1.807) is 18.3 Å². The number of hydrogen-bond acceptors (Lipinski definition) is 9. The number of fused-ring (bicyclic) bond motifs is 3. The van der Waals surface area contributed by atoms with Gasteiger partial charge in [0.2, 0.25) is 0 Å². The molecule has 1 saturated carbocycles. The molecule has 48 heavy (non-hydrogen) atoms. The molecule has 0 bridgehead atoms. The number of esters is 1. The minimum absolute atomic E-state index is 0.306. The fourth-order valence-corrected chi connectivity index (χ4v) is 7.64. The lowest BCUT2D eigenvalue weighted by Crippen LogP contribution is -2.64. The van der Waals surface area contributed by atoms with E-state index in [1.165, 1.54) is 7.11 Å². The van der Waals surface area contributed by atoms with Crippen LogP contribution in [0.15, 0.2) is 61.1 Å². The summed E-state index contributed by atoms with van der Waals surface area (Å²) < 4.78 is 22.2. The summed E-state index contributed by atoms with van der Waals surface area (Å²) in [7, 11) is 1.37. The number of carbonyl (C=O) groups is 1. The normalized spacial score (nSPS) is 21.7. The third-order valence-electron chi connectivity index (χ3n) is 9.86. The minimum atomic E-state index is -1.05. The van der Waals surface area contributed by atoms with Gasteiger partial charge in [0.25, 0.3) is 5.79 Å². The van der Waals surface area contributed by atoms with Crippen molar-refractivity contribution >= 4 is 45.9 Å². The maximum atomic E-state index is 12.5. The highest BCUT2D eigenvalue weighted by Crippen LogP contribution is 2.51. The zero-order valence-electron chi connectivity index (χ0n) is 26.9. The molecule has 0 spiro atoms. The number of imidazole rings is 2. The molecule has 13 heteroatoms. The van der Waals surface area contributed by atoms with E-state index in [9.17, 15) is 4.79 Å². The first-order valence-corrected chi connectivity index (χ1v) is 16.9. The van der Waals surface area contributed by atoms with Crippen molar-refractivity contribution in [2.45, 2.75) is 64.2 Å². The molecule has 1 unspecified atom stereocenters. The summed E-state index contributed by atoms with van der Waals surface area (Å²) in [5.41, 5.74) is 3.51. The molecule has 0 N–H and O–H groups in total. The van der Waals surface area contributed by atoms with Crippen LogP contribution in [0.3, 0.4) is 0 Å². The fraction of sp³-hybridized carbons (Fsp3) is 0.371. The van der Waals surface area contributed by atoms with Gasteiger partial charge in [0.15, 0.2) is 11.5 Å². The first-order chi connectivity index (χ1) is 23.3. The Labute approximate surface area is 288 Å². The van der Waals surface area contributed by atoms with E-state index in [0.29, 0.717) is 57.7 Å². The molecule has 3 aromatic heterocycles. The number of rotatable bonds is 8. The van der Waals surface area contributed by atoms with Gasteiger partial charge < -0.3 is 28.2 Å². The number of methoxy groups -OCH3 is 1. The fourth-order valence-electron chi connectivity index (χ4n) is 7.27. The molecule has 5 heterocycles. The third-order valence-corrected chi connectivity index (χ3v) is 10.4. The number of pyridine rings is 1. The van der Waals surface area contributed by atoms with Crippen molar-refractivity contribution in [3.63, 3.8) is 0 Å². The number of piperazine rings is 1. The van der Waals surface area contributed by atoms with E-state index >= 15 is 0 Å². The van der Waals surface area contributed by atoms with Crippen molar-refractivity contribution < 1.29 is 19.0 Å². The highest BCUT2D eigenvalue weighted by molar-refractivity contribution is 6.35. The predicted octanol–water partition coefficient (Wildman–Crippen LogP) is 6.29. The highest BCUT2D eigenvalue weighted by Gasteiger charge is 2.47. The van der Waals surface area contributed by atoms with Crippen LogP contribution in [0.4, 0.5) is 5.69 Å². The number of ether oxygens (including phenoxy) is 3. The zero-order chi connectivity index (χ0) is 33.2. The molecule has 5 aromatic rings. The summed E-state index contributed by atoms with van der Waals surface area (Å²) in [5, 5.41) is 0.975. The largest absolute Gasteiger partial charge is 0.465 e. The number of hydrogen-bond donors (Lipinski definition) is 0. The molecular formula is C35H35Cl2N7O4. The summed E-state index contributed by atoms with van der Waals surface area (Å²) in [4.78, 5) is 31.7. The Morgan fingerprint density at radius 2 is 1.90 bits per heavy atom. The van der Waals surface area contributed by atoms with E-state index in [-0.39, 0.29) is 0 Å². The van der Waals surface area contributed by atoms with Gasteiger partial charge in [0.1, 0.15) is 22.9 Å². The first-order valence-electron chi connectivity index (χ1n) is 16.2. The summed E-state index contributed by atoms with van der Waals surface area (Å²) in [6.07, 6.45) is 7.54. The van der Waals surface area contributed by atoms with Crippen LogP contribution in [0.1, 0.15) is 54.4 Å². The summed E-state index contributed by atoms with van der Waals surface area (Å²) >= 11 is 12.8. The lowest BCUT2D eigenvalue weighted by Gasteiger charge is -2.54. The minimum Gasteiger partial charge on any atom is -0.465 e. The van der Waals surface area contributed by atoms with Crippen molar-refractivity contribution in [3.8, 4) is 11.5 Å². The Morgan fingerprint density at radius 1 is 1.04 bits per heavy atom. The molecule has 2 aromatic carbocycles. The molecule has 2 fully saturated rings. The number of anilines is 1. The van der Waals surface area contributed by atoms with Gasteiger partial charge in [0.05, 0.1) is 47.0 Å². The van der Waals surface area contributed by atoms with Crippen LogP contribution in [0, 0.1) is 0 Å². The van der Waals surface area contributed by atoms with Crippen molar-refractivity contribution in [2.75, 3.05) is 25.1 Å². The Bertz CT molecular complexity index is 2030. The Hall–Kier alpha value is -4.32. The second kappa shape index (κ2) is 12.0. The van der Waals surface area contributed by atoms with E-state index in [1.807, 2.05) is 43.6 Å². The molecule has 1 saturated heterocycles. The van der Waals surface area contributed by atoms with Crippen LogP contribution in [-0.2, 0) is 30.2 Å². The summed E-state index contributed by atoms with van der Waals surface area (Å²) in [5.74, 6) is 1.73. The molecule has 248 valence electrons. The standard InChI is InChI=1S/C35H35Cl2N7O4/c1-4-41-13-12-38-30(41)20-44-27-17-21(34(45)46-3)16-23(37)32(27)40-31(44)19-42-14-15-43(25-10-9-24(25)42)26-6-5-7-28-33(26)48-35(2,47-28)29-11-8-22(36)18-39-29/h5-8,11-13,16-18,24-25H,4,9-10,14-15,19-20H2,1-3H3/t24-,25-,35?/m0/s1. The number of aromatic nitrogens is 5. The van der Waals surface area contributed by atoms with Crippen molar-refractivity contribution in [2.24, 2.45) is 0 Å². The number of halogens is 2. The Balaban J connectivity index is 1.08. The third kappa shape index (κ3) is 5.15. The van der Waals surface area contributed by atoms with Crippen LogP contribution in [0.2, 0.25) is 10.0 Å². The molecule has 11 nitrogen and oxygen atoms in total. The number of aryl methyl sites for hydroxylation is 1. The van der Waals surface area contributed by atoms with Crippen LogP contribution in [0.25, 0.3) is 11.0 Å². The van der Waals surface area contributed by atoms with Gasteiger partial charge in [-0.25, -0.2) is 14.8 Å². The van der Waals surface area contributed by atoms with Crippen molar-refractivity contribution in [3.05, 3.63) is 94.0 Å². The highest BCUT2D eigenvalue weighted by atomic mass is 35.5. The van der Waals surface area contributed by atoms with Crippen LogP contribution >= 0.6 is 23.2 Å². The van der Waals surface area contributed by atoms with E-state index in [0.717, 1.165) is 61.1 Å². The number of nitrogens with zero attached hydrogens (tertiary/aromatic N) is 7. The average Bonchev–Trinajstić information content (AvgIpc) is 3.77. The zero-order valence-corrected chi connectivity index (χ0v) is 28.4. The molecule has 8 rings (SSSR count). The molecule has 3 atom stereocenters. The second-order valence-electron chi connectivity index (χ2n) is 12.6. The molecule has 3 aliphatic rings. The first kappa shape index (κ1) is 31.0. The second-order valence-corrected chi connectivity index (χ2v) is 13.4. The van der Waals surface area contributed by atoms with Crippen LogP contribution in [0.5, 0.6) is 11.5 Å². The molecule has 1 aliphatic carbocycles. The SMILES string of the molecule is CCn1ccnc1Cn1c(CN2CCN(c3cccc4c3OC(C)(c3ccc(Cl)cn3)O4)[C@H]3CC[C@@H]32)nc2c(Cl)cc(C(=O)OC)cc21. The van der Waals surface area contributed by atoms with Gasteiger partial charge in [-0.2, -0.15) is 0 Å². The van der Waals surface area contributed by atoms with Gasteiger partial charge >= 0.3 is 5.97 Å². The molecular weight excluding hydrogens is 653 g/mol.